The molecule has 104 valence electrons. The normalized spacial score (nSPS) is 10.1. The average Bonchev–Trinajstić information content (AvgIpc) is 2.47. The zero-order valence-corrected chi connectivity index (χ0v) is 12.7. The third-order valence-corrected chi connectivity index (χ3v) is 3.38. The van der Waals surface area contributed by atoms with E-state index in [0.717, 1.165) is 22.8 Å². The lowest BCUT2D eigenvalue weighted by Gasteiger charge is -2.09. The molecule has 0 fully saturated rings. The maximum atomic E-state index is 5.42. The molecule has 20 heavy (non-hydrogen) atoms. The van der Waals surface area contributed by atoms with Crippen LogP contribution in [0.3, 0.4) is 0 Å². The van der Waals surface area contributed by atoms with Crippen molar-refractivity contribution in [2.45, 2.75) is 20.4 Å². The highest BCUT2D eigenvalue weighted by Gasteiger charge is 2.01. The topological polar surface area (TPSA) is 21.3 Å². The number of hydrogen-bond donors (Lipinski definition) is 1. The standard InChI is InChI=1S/C17H19NOS/c1-3-19-16-10-8-15(9-11-16)17(20)18-12-14-6-4-13(2)5-7-14/h4-11H,3,12H2,1-2H3,(H,18,20). The maximum absolute atomic E-state index is 5.42. The van der Waals surface area contributed by atoms with Gasteiger partial charge in [-0.2, -0.15) is 0 Å². The summed E-state index contributed by atoms with van der Waals surface area (Å²) in [4.78, 5) is 0.758. The van der Waals surface area contributed by atoms with Crippen molar-refractivity contribution in [2.24, 2.45) is 0 Å². The van der Waals surface area contributed by atoms with Crippen LogP contribution in [0, 0.1) is 6.92 Å². The molecule has 0 aliphatic heterocycles. The van der Waals surface area contributed by atoms with E-state index in [1.165, 1.54) is 11.1 Å². The molecule has 0 aliphatic carbocycles. The second-order valence-corrected chi connectivity index (χ2v) is 5.03. The van der Waals surface area contributed by atoms with Crippen LogP contribution in [0.1, 0.15) is 23.6 Å². The van der Waals surface area contributed by atoms with Gasteiger partial charge in [0.25, 0.3) is 0 Å². The van der Waals surface area contributed by atoms with Crippen LogP contribution in [0.4, 0.5) is 0 Å². The van der Waals surface area contributed by atoms with Gasteiger partial charge in [-0.15, -0.1) is 0 Å². The van der Waals surface area contributed by atoms with Crippen LogP contribution in [0.2, 0.25) is 0 Å². The number of benzene rings is 2. The summed E-state index contributed by atoms with van der Waals surface area (Å²) in [7, 11) is 0. The zero-order valence-electron chi connectivity index (χ0n) is 11.8. The minimum Gasteiger partial charge on any atom is -0.494 e. The molecule has 2 aromatic carbocycles. The first-order valence-corrected chi connectivity index (χ1v) is 7.16. The minimum absolute atomic E-state index is 0.676. The van der Waals surface area contributed by atoms with Crippen LogP contribution in [0.5, 0.6) is 5.75 Å². The Balaban J connectivity index is 1.92. The first-order chi connectivity index (χ1) is 9.69. The fraction of sp³-hybridized carbons (Fsp3) is 0.235. The Bertz CT molecular complexity index is 561. The van der Waals surface area contributed by atoms with E-state index in [4.69, 9.17) is 17.0 Å². The summed E-state index contributed by atoms with van der Waals surface area (Å²) in [6.07, 6.45) is 0. The van der Waals surface area contributed by atoms with E-state index in [2.05, 4.69) is 36.5 Å². The van der Waals surface area contributed by atoms with Gasteiger partial charge in [-0.25, -0.2) is 0 Å². The maximum Gasteiger partial charge on any atom is 0.119 e. The first kappa shape index (κ1) is 14.5. The van der Waals surface area contributed by atoms with Crippen molar-refractivity contribution in [3.63, 3.8) is 0 Å². The molecule has 2 nitrogen and oxygen atoms in total. The van der Waals surface area contributed by atoms with Crippen molar-refractivity contribution in [1.82, 2.24) is 5.32 Å². The lowest BCUT2D eigenvalue weighted by molar-refractivity contribution is 0.340. The monoisotopic (exact) mass is 285 g/mol. The van der Waals surface area contributed by atoms with Gasteiger partial charge in [-0.1, -0.05) is 42.0 Å². The number of nitrogens with one attached hydrogen (secondary N) is 1. The van der Waals surface area contributed by atoms with Gasteiger partial charge in [0.15, 0.2) is 0 Å². The fourth-order valence-corrected chi connectivity index (χ4v) is 2.07. The second kappa shape index (κ2) is 7.06. The van der Waals surface area contributed by atoms with Crippen LogP contribution in [0.25, 0.3) is 0 Å². The van der Waals surface area contributed by atoms with Gasteiger partial charge in [0.1, 0.15) is 10.7 Å². The highest BCUT2D eigenvalue weighted by Crippen LogP contribution is 2.12. The van der Waals surface area contributed by atoms with Gasteiger partial charge >= 0.3 is 0 Å². The van der Waals surface area contributed by atoms with Crippen LogP contribution in [0.15, 0.2) is 48.5 Å². The summed E-state index contributed by atoms with van der Waals surface area (Å²) < 4.78 is 5.42. The molecule has 0 unspecified atom stereocenters. The molecule has 1 N–H and O–H groups in total. The lowest BCUT2D eigenvalue weighted by atomic mass is 10.1. The molecule has 0 aromatic heterocycles. The van der Waals surface area contributed by atoms with Gasteiger partial charge in [0.05, 0.1) is 6.61 Å². The molecule has 0 saturated heterocycles. The van der Waals surface area contributed by atoms with E-state index < -0.39 is 0 Å². The number of ether oxygens (including phenoxy) is 1. The molecular formula is C17H19NOS. The molecule has 0 saturated carbocycles. The lowest BCUT2D eigenvalue weighted by Crippen LogP contribution is -2.21. The fourth-order valence-electron chi connectivity index (χ4n) is 1.86. The summed E-state index contributed by atoms with van der Waals surface area (Å²) in [5.74, 6) is 0.873. The van der Waals surface area contributed by atoms with Crippen molar-refractivity contribution < 1.29 is 4.74 Å². The molecule has 0 amide bonds. The van der Waals surface area contributed by atoms with E-state index in [1.54, 1.807) is 0 Å². The Morgan fingerprint density at radius 1 is 1.05 bits per heavy atom. The van der Waals surface area contributed by atoms with E-state index in [9.17, 15) is 0 Å². The Hall–Kier alpha value is -1.87. The van der Waals surface area contributed by atoms with Crippen LogP contribution in [-0.4, -0.2) is 11.6 Å². The molecule has 0 bridgehead atoms. The van der Waals surface area contributed by atoms with Crippen molar-refractivity contribution in [3.8, 4) is 5.75 Å². The number of hydrogen-bond acceptors (Lipinski definition) is 2. The van der Waals surface area contributed by atoms with Crippen LogP contribution in [-0.2, 0) is 6.54 Å². The smallest absolute Gasteiger partial charge is 0.119 e. The van der Waals surface area contributed by atoms with Gasteiger partial charge in [-0.05, 0) is 43.7 Å². The second-order valence-electron chi connectivity index (χ2n) is 4.63. The summed E-state index contributed by atoms with van der Waals surface area (Å²) in [6, 6.07) is 16.3. The van der Waals surface area contributed by atoms with Crippen molar-refractivity contribution in [1.29, 1.82) is 0 Å². The Morgan fingerprint density at radius 2 is 1.70 bits per heavy atom. The molecule has 2 rings (SSSR count). The van der Waals surface area contributed by atoms with E-state index in [-0.39, 0.29) is 0 Å². The van der Waals surface area contributed by atoms with Crippen LogP contribution >= 0.6 is 12.2 Å². The third-order valence-electron chi connectivity index (χ3n) is 3.00. The molecular weight excluding hydrogens is 266 g/mol. The minimum atomic E-state index is 0.676. The van der Waals surface area contributed by atoms with E-state index in [0.29, 0.717) is 6.61 Å². The quantitative estimate of drug-likeness (QED) is 0.843. The molecule has 0 spiro atoms. The number of rotatable bonds is 5. The summed E-state index contributed by atoms with van der Waals surface area (Å²) >= 11 is 5.40. The number of aryl methyl sites for hydroxylation is 1. The predicted molar refractivity (Wildman–Crippen MR) is 87.3 cm³/mol. The predicted octanol–water partition coefficient (Wildman–Crippen LogP) is 3.86. The highest BCUT2D eigenvalue weighted by molar-refractivity contribution is 7.80. The van der Waals surface area contributed by atoms with Crippen molar-refractivity contribution >= 4 is 17.2 Å². The van der Waals surface area contributed by atoms with Gasteiger partial charge in [0, 0.05) is 12.1 Å². The Labute approximate surface area is 125 Å². The van der Waals surface area contributed by atoms with E-state index in [1.807, 2.05) is 31.2 Å². The molecule has 2 aromatic rings. The molecule has 0 radical (unpaired) electrons. The Morgan fingerprint density at radius 3 is 2.30 bits per heavy atom. The summed E-state index contributed by atoms with van der Waals surface area (Å²) in [6.45, 7) is 5.48. The van der Waals surface area contributed by atoms with Gasteiger partial charge in [-0.3, -0.25) is 0 Å². The third kappa shape index (κ3) is 4.07. The molecule has 0 heterocycles. The Kier molecular flexibility index (Phi) is 5.13. The van der Waals surface area contributed by atoms with Gasteiger partial charge in [0.2, 0.25) is 0 Å². The molecule has 3 heteroatoms. The van der Waals surface area contributed by atoms with Crippen molar-refractivity contribution in [2.75, 3.05) is 6.61 Å². The van der Waals surface area contributed by atoms with Gasteiger partial charge < -0.3 is 10.1 Å². The van der Waals surface area contributed by atoms with Crippen molar-refractivity contribution in [3.05, 3.63) is 65.2 Å². The molecule has 0 aliphatic rings. The largest absolute Gasteiger partial charge is 0.494 e. The highest BCUT2D eigenvalue weighted by atomic mass is 32.1. The first-order valence-electron chi connectivity index (χ1n) is 6.75. The SMILES string of the molecule is CCOc1ccc(C(=S)NCc2ccc(C)cc2)cc1. The molecule has 0 atom stereocenters. The summed E-state index contributed by atoms with van der Waals surface area (Å²) in [5, 5.41) is 3.28. The number of thiocarbonyl (C=S) groups is 1. The average molecular weight is 285 g/mol. The summed E-state index contributed by atoms with van der Waals surface area (Å²) in [5.41, 5.74) is 3.50. The van der Waals surface area contributed by atoms with E-state index >= 15 is 0 Å². The zero-order chi connectivity index (χ0) is 14.4. The van der Waals surface area contributed by atoms with Crippen LogP contribution < -0.4 is 10.1 Å².